The van der Waals surface area contributed by atoms with E-state index in [-0.39, 0.29) is 18.2 Å². The largest absolute Gasteiger partial charge is 0.482 e. The molecule has 3 rings (SSSR count). The van der Waals surface area contributed by atoms with Gasteiger partial charge >= 0.3 is 5.97 Å². The van der Waals surface area contributed by atoms with Crippen molar-refractivity contribution in [3.05, 3.63) is 95.6 Å². The van der Waals surface area contributed by atoms with Gasteiger partial charge in [0.05, 0.1) is 0 Å². The van der Waals surface area contributed by atoms with Crippen molar-refractivity contribution in [2.24, 2.45) is 0 Å². The molecule has 0 aliphatic heterocycles. The van der Waals surface area contributed by atoms with Crippen LogP contribution in [0.15, 0.2) is 78.9 Å². The van der Waals surface area contributed by atoms with Gasteiger partial charge in [-0.05, 0) is 43.3 Å². The zero-order valence-electron chi connectivity index (χ0n) is 15.3. The molecular formula is C23H18O5. The molecule has 0 radical (unpaired) electrons. The normalized spacial score (nSPS) is 10.2. The van der Waals surface area contributed by atoms with Crippen LogP contribution in [-0.4, -0.2) is 24.1 Å². The summed E-state index contributed by atoms with van der Waals surface area (Å²) in [5, 5.41) is 0. The molecule has 0 aliphatic rings. The first-order valence-corrected chi connectivity index (χ1v) is 8.67. The summed E-state index contributed by atoms with van der Waals surface area (Å²) in [6.45, 7) is 1.16. The molecule has 0 unspecified atom stereocenters. The molecule has 0 saturated heterocycles. The second kappa shape index (κ2) is 8.77. The molecule has 3 aromatic carbocycles. The molecule has 0 atom stereocenters. The van der Waals surface area contributed by atoms with E-state index in [9.17, 15) is 14.4 Å². The maximum Gasteiger partial charge on any atom is 0.349 e. The molecule has 140 valence electrons. The van der Waals surface area contributed by atoms with Gasteiger partial charge in [0.15, 0.2) is 18.2 Å². The highest BCUT2D eigenvalue weighted by molar-refractivity contribution is 6.09. The van der Waals surface area contributed by atoms with Crippen LogP contribution in [-0.2, 0) is 4.79 Å². The Balaban J connectivity index is 1.57. The van der Waals surface area contributed by atoms with E-state index in [1.807, 2.05) is 6.07 Å². The molecule has 5 heteroatoms. The molecule has 0 heterocycles. The summed E-state index contributed by atoms with van der Waals surface area (Å²) < 4.78 is 10.6. The lowest BCUT2D eigenvalue weighted by Gasteiger charge is -2.08. The SMILES string of the molecule is CC(=O)c1cccc(OCC(=O)Oc2ccc(C(=O)c3ccccc3)cc2)c1. The fraction of sp³-hybridized carbons (Fsp3) is 0.0870. The molecule has 0 bridgehead atoms. The first-order valence-electron chi connectivity index (χ1n) is 8.67. The van der Waals surface area contributed by atoms with Crippen molar-refractivity contribution >= 4 is 17.5 Å². The van der Waals surface area contributed by atoms with Gasteiger partial charge in [-0.15, -0.1) is 0 Å². The van der Waals surface area contributed by atoms with Crippen LogP contribution in [0.5, 0.6) is 11.5 Å². The molecular weight excluding hydrogens is 356 g/mol. The van der Waals surface area contributed by atoms with Gasteiger partial charge in [0, 0.05) is 16.7 Å². The maximum absolute atomic E-state index is 12.4. The Morgan fingerprint density at radius 1 is 0.714 bits per heavy atom. The van der Waals surface area contributed by atoms with Crippen molar-refractivity contribution in [2.75, 3.05) is 6.61 Å². The number of carbonyl (C=O) groups excluding carboxylic acids is 3. The summed E-state index contributed by atoms with van der Waals surface area (Å²) in [5.74, 6) is -0.0511. The monoisotopic (exact) mass is 374 g/mol. The average molecular weight is 374 g/mol. The van der Waals surface area contributed by atoms with Crippen LogP contribution >= 0.6 is 0 Å². The van der Waals surface area contributed by atoms with Gasteiger partial charge in [0.2, 0.25) is 0 Å². The van der Waals surface area contributed by atoms with Crippen LogP contribution in [0.3, 0.4) is 0 Å². The molecule has 28 heavy (non-hydrogen) atoms. The second-order valence-electron chi connectivity index (χ2n) is 6.07. The quantitative estimate of drug-likeness (QED) is 0.354. The number of hydrogen-bond donors (Lipinski definition) is 0. The minimum Gasteiger partial charge on any atom is -0.482 e. The van der Waals surface area contributed by atoms with Gasteiger partial charge in [0.25, 0.3) is 0 Å². The van der Waals surface area contributed by atoms with E-state index in [4.69, 9.17) is 9.47 Å². The summed E-state index contributed by atoms with van der Waals surface area (Å²) in [5.41, 5.74) is 1.60. The van der Waals surface area contributed by atoms with Crippen LogP contribution in [0.4, 0.5) is 0 Å². The van der Waals surface area contributed by atoms with Crippen LogP contribution in [0, 0.1) is 0 Å². The number of benzene rings is 3. The lowest BCUT2D eigenvalue weighted by molar-refractivity contribution is -0.136. The van der Waals surface area contributed by atoms with E-state index in [0.717, 1.165) is 0 Å². The highest BCUT2D eigenvalue weighted by Crippen LogP contribution is 2.17. The Labute approximate surface area is 162 Å². The van der Waals surface area contributed by atoms with E-state index in [2.05, 4.69) is 0 Å². The summed E-state index contributed by atoms with van der Waals surface area (Å²) >= 11 is 0. The summed E-state index contributed by atoms with van der Waals surface area (Å²) in [6.07, 6.45) is 0. The number of ether oxygens (including phenoxy) is 2. The number of ketones is 2. The van der Waals surface area contributed by atoms with Crippen LogP contribution in [0.25, 0.3) is 0 Å². The van der Waals surface area contributed by atoms with E-state index >= 15 is 0 Å². The van der Waals surface area contributed by atoms with Crippen LogP contribution in [0.2, 0.25) is 0 Å². The van der Waals surface area contributed by atoms with E-state index in [1.54, 1.807) is 72.8 Å². The summed E-state index contributed by atoms with van der Waals surface area (Å²) in [6, 6.07) is 21.8. The molecule has 0 saturated carbocycles. The fourth-order valence-electron chi connectivity index (χ4n) is 2.54. The fourth-order valence-corrected chi connectivity index (χ4v) is 2.54. The molecule has 5 nitrogen and oxygen atoms in total. The Bertz CT molecular complexity index is 991. The van der Waals surface area contributed by atoms with Crippen molar-refractivity contribution in [3.63, 3.8) is 0 Å². The first-order chi connectivity index (χ1) is 13.5. The molecule has 0 aliphatic carbocycles. The number of hydrogen-bond acceptors (Lipinski definition) is 5. The zero-order valence-corrected chi connectivity index (χ0v) is 15.3. The van der Waals surface area contributed by atoms with Gasteiger partial charge in [0.1, 0.15) is 11.5 Å². The van der Waals surface area contributed by atoms with Gasteiger partial charge in [-0.3, -0.25) is 9.59 Å². The van der Waals surface area contributed by atoms with Gasteiger partial charge < -0.3 is 9.47 Å². The predicted molar refractivity (Wildman–Crippen MR) is 104 cm³/mol. The lowest BCUT2D eigenvalue weighted by Crippen LogP contribution is -2.17. The van der Waals surface area contributed by atoms with Crippen molar-refractivity contribution in [1.29, 1.82) is 0 Å². The summed E-state index contributed by atoms with van der Waals surface area (Å²) in [7, 11) is 0. The third-order valence-corrected chi connectivity index (χ3v) is 3.98. The minimum atomic E-state index is -0.588. The third-order valence-electron chi connectivity index (χ3n) is 3.98. The molecule has 0 spiro atoms. The van der Waals surface area contributed by atoms with Gasteiger partial charge in [-0.1, -0.05) is 42.5 Å². The van der Waals surface area contributed by atoms with Crippen LogP contribution < -0.4 is 9.47 Å². The smallest absolute Gasteiger partial charge is 0.349 e. The molecule has 0 N–H and O–H groups in total. The zero-order chi connectivity index (χ0) is 19.9. The van der Waals surface area contributed by atoms with Crippen molar-refractivity contribution in [3.8, 4) is 11.5 Å². The highest BCUT2D eigenvalue weighted by Gasteiger charge is 2.11. The predicted octanol–water partition coefficient (Wildman–Crippen LogP) is 4.10. The number of carbonyl (C=O) groups is 3. The molecule has 0 fully saturated rings. The van der Waals surface area contributed by atoms with Crippen molar-refractivity contribution < 1.29 is 23.9 Å². The third kappa shape index (κ3) is 4.92. The van der Waals surface area contributed by atoms with Crippen molar-refractivity contribution in [2.45, 2.75) is 6.92 Å². The second-order valence-corrected chi connectivity index (χ2v) is 6.07. The lowest BCUT2D eigenvalue weighted by atomic mass is 10.0. The Morgan fingerprint density at radius 2 is 1.36 bits per heavy atom. The standard InChI is InChI=1S/C23H18O5/c1-16(24)19-8-5-9-21(14-19)27-15-22(25)28-20-12-10-18(11-13-20)23(26)17-6-3-2-4-7-17/h2-14H,15H2,1H3. The molecule has 3 aromatic rings. The topological polar surface area (TPSA) is 69.7 Å². The van der Waals surface area contributed by atoms with E-state index in [1.165, 1.54) is 6.92 Å². The number of esters is 1. The minimum absolute atomic E-state index is 0.0850. The maximum atomic E-state index is 12.4. The average Bonchev–Trinajstić information content (AvgIpc) is 2.73. The Morgan fingerprint density at radius 3 is 2.04 bits per heavy atom. The first kappa shape index (κ1) is 19.0. The Hall–Kier alpha value is -3.73. The van der Waals surface area contributed by atoms with E-state index < -0.39 is 5.97 Å². The number of rotatable bonds is 7. The van der Waals surface area contributed by atoms with Crippen molar-refractivity contribution in [1.82, 2.24) is 0 Å². The van der Waals surface area contributed by atoms with Gasteiger partial charge in [-0.25, -0.2) is 4.79 Å². The highest BCUT2D eigenvalue weighted by atomic mass is 16.6. The van der Waals surface area contributed by atoms with E-state index in [0.29, 0.717) is 28.2 Å². The van der Waals surface area contributed by atoms with Crippen LogP contribution in [0.1, 0.15) is 33.2 Å². The number of Topliss-reactive ketones (excluding diaryl/α,β-unsaturated/α-hetero) is 1. The Kier molecular flexibility index (Phi) is 5.97. The molecule has 0 aromatic heterocycles. The molecule has 0 amide bonds. The summed E-state index contributed by atoms with van der Waals surface area (Å²) in [4.78, 5) is 35.7. The van der Waals surface area contributed by atoms with Gasteiger partial charge in [-0.2, -0.15) is 0 Å².